The van der Waals surface area contributed by atoms with E-state index in [1.54, 1.807) is 0 Å². The van der Waals surface area contributed by atoms with Gasteiger partial charge in [0.2, 0.25) is 11.8 Å². The summed E-state index contributed by atoms with van der Waals surface area (Å²) in [5, 5.41) is 75.5. The molecule has 4 rings (SSSR count). The number of fused-ring (bicyclic) bond motifs is 5. The van der Waals surface area contributed by atoms with Crippen LogP contribution in [0.15, 0.2) is 0 Å². The Morgan fingerprint density at radius 3 is 1.73 bits per heavy atom. The average molecular weight is 854 g/mol. The average Bonchev–Trinajstić information content (AvgIpc) is 3.49. The van der Waals surface area contributed by atoms with E-state index in [1.807, 2.05) is 0 Å². The van der Waals surface area contributed by atoms with Gasteiger partial charge in [0.25, 0.3) is 0 Å². The van der Waals surface area contributed by atoms with Gasteiger partial charge in [0, 0.05) is 51.6 Å². The van der Waals surface area contributed by atoms with Gasteiger partial charge >= 0.3 is 29.8 Å². The summed E-state index contributed by atoms with van der Waals surface area (Å²) in [5.41, 5.74) is -0.519. The van der Waals surface area contributed by atoms with Gasteiger partial charge in [-0.25, -0.2) is 0 Å². The van der Waals surface area contributed by atoms with Crippen LogP contribution in [0.25, 0.3) is 0 Å². The number of aliphatic hydroxyl groups is 2. The van der Waals surface area contributed by atoms with E-state index in [0.717, 1.165) is 35.5 Å². The van der Waals surface area contributed by atoms with Crippen molar-refractivity contribution in [3.63, 3.8) is 0 Å². The largest absolute Gasteiger partial charge is 0.481 e. The molecule has 4 aliphatic carbocycles. The van der Waals surface area contributed by atoms with Crippen molar-refractivity contribution in [1.29, 1.82) is 0 Å². The Morgan fingerprint density at radius 2 is 1.20 bits per heavy atom. The predicted molar refractivity (Wildman–Crippen MR) is 213 cm³/mol. The first-order valence-electron chi connectivity index (χ1n) is 21.3. The van der Waals surface area contributed by atoms with Gasteiger partial charge in [-0.05, 0) is 97.7 Å². The van der Waals surface area contributed by atoms with Gasteiger partial charge in [0.15, 0.2) is 0 Å². The van der Waals surface area contributed by atoms with Crippen molar-refractivity contribution >= 4 is 41.7 Å². The Labute approximate surface area is 350 Å². The van der Waals surface area contributed by atoms with Crippen LogP contribution in [0, 0.1) is 46.3 Å². The number of carboxylic acids is 5. The Bertz CT molecular complexity index is 1490. The van der Waals surface area contributed by atoms with Gasteiger partial charge in [-0.15, -0.1) is 0 Å². The molecule has 0 radical (unpaired) electrons. The molecule has 4 saturated carbocycles. The first-order chi connectivity index (χ1) is 28.1. The highest BCUT2D eigenvalue weighted by Crippen LogP contribution is 2.68. The van der Waals surface area contributed by atoms with E-state index in [4.69, 9.17) is 0 Å². The molecule has 19 heteroatoms. The molecule has 6 unspecified atom stereocenters. The van der Waals surface area contributed by atoms with Crippen LogP contribution >= 0.6 is 0 Å². The van der Waals surface area contributed by atoms with E-state index in [0.29, 0.717) is 25.7 Å². The second-order valence-corrected chi connectivity index (χ2v) is 18.4. The molecule has 0 aromatic rings. The van der Waals surface area contributed by atoms with Crippen LogP contribution < -0.4 is 10.6 Å². The van der Waals surface area contributed by atoms with Crippen LogP contribution in [0.2, 0.25) is 0 Å². The maximum atomic E-state index is 13.1. The third kappa shape index (κ3) is 12.6. The zero-order chi connectivity index (χ0) is 44.5. The lowest BCUT2D eigenvalue weighted by Gasteiger charge is -2.63. The van der Waals surface area contributed by atoms with E-state index >= 15 is 0 Å². The second kappa shape index (κ2) is 21.3. The molecule has 0 bridgehead atoms. The molecule has 0 heterocycles. The van der Waals surface area contributed by atoms with Crippen molar-refractivity contribution in [3.05, 3.63) is 0 Å². The minimum absolute atomic E-state index is 0.00287. The number of aliphatic hydroxyl groups excluding tert-OH is 2. The van der Waals surface area contributed by atoms with E-state index < -0.39 is 79.6 Å². The lowest BCUT2D eigenvalue weighted by molar-refractivity contribution is -0.202. The molecular formula is C41H67N5O14. The third-order valence-electron chi connectivity index (χ3n) is 14.7. The molecule has 4 fully saturated rings. The Morgan fingerprint density at radius 1 is 0.650 bits per heavy atom. The van der Waals surface area contributed by atoms with Gasteiger partial charge in [0.1, 0.15) is 0 Å². The van der Waals surface area contributed by atoms with E-state index in [9.17, 15) is 69.3 Å². The number of hydrogen-bond donors (Lipinski definition) is 9. The molecule has 60 heavy (non-hydrogen) atoms. The number of rotatable bonds is 24. The summed E-state index contributed by atoms with van der Waals surface area (Å²) in [4.78, 5) is 86.5. The van der Waals surface area contributed by atoms with Crippen molar-refractivity contribution in [3.8, 4) is 0 Å². The lowest BCUT2D eigenvalue weighted by atomic mass is 9.43. The summed E-state index contributed by atoms with van der Waals surface area (Å²) in [6, 6.07) is -0.130. The molecule has 4 aliphatic rings. The number of carbonyl (C=O) groups is 7. The van der Waals surface area contributed by atoms with Gasteiger partial charge in [-0.2, -0.15) is 0 Å². The van der Waals surface area contributed by atoms with E-state index in [1.165, 1.54) is 4.90 Å². The first kappa shape index (κ1) is 48.8. The van der Waals surface area contributed by atoms with Crippen molar-refractivity contribution < 1.29 is 69.3 Å². The maximum absolute atomic E-state index is 13.1. The quantitative estimate of drug-likeness (QED) is 0.0632. The number of amides is 2. The van der Waals surface area contributed by atoms with E-state index in [-0.39, 0.29) is 105 Å². The van der Waals surface area contributed by atoms with Crippen molar-refractivity contribution in [2.75, 3.05) is 65.4 Å². The Balaban J connectivity index is 1.30. The Hall–Kier alpha value is -3.91. The normalized spacial score (nSPS) is 31.5. The van der Waals surface area contributed by atoms with E-state index in [2.05, 4.69) is 31.4 Å². The smallest absolute Gasteiger partial charge is 0.317 e. The second-order valence-electron chi connectivity index (χ2n) is 18.4. The number of carboxylic acid groups (broad SMARTS) is 5. The van der Waals surface area contributed by atoms with Crippen LogP contribution in [0.3, 0.4) is 0 Å². The standard InChI is InChI=1S/C41H67N5O14/c1-24(4-7-34(51)52)27-5-6-28-39-29(18-31(48)41(27,28)3)40(2)10-8-26(16-25(40)17-30(39)47)43-32(49)9-11-42-33(50)19-44(12-14-45(20-35(53)54)21-36(55)56)13-15-46(22-37(57)58)23-38(59)60/h24-31,39,47-48H,4-23H2,1-3H3,(H,42,50)(H,43,49)(H,51,52)(H,53,54)(H,55,56)(H,57,58)(H,59,60)/t24?,25?,26-,27+,28?,29?,30?,31-,39?,40-,41+/m0/s1. The molecule has 340 valence electrons. The molecule has 0 aromatic carbocycles. The topological polar surface area (TPSA) is 295 Å². The third-order valence-corrected chi connectivity index (χ3v) is 14.7. The summed E-state index contributed by atoms with van der Waals surface area (Å²) < 4.78 is 0. The van der Waals surface area contributed by atoms with Crippen LogP contribution in [-0.4, -0.2) is 176 Å². The molecule has 2 amide bonds. The summed E-state index contributed by atoms with van der Waals surface area (Å²) >= 11 is 0. The van der Waals surface area contributed by atoms with Crippen molar-refractivity contribution in [2.24, 2.45) is 46.3 Å². The van der Waals surface area contributed by atoms with Crippen molar-refractivity contribution in [2.45, 2.75) is 103 Å². The highest BCUT2D eigenvalue weighted by atomic mass is 16.4. The summed E-state index contributed by atoms with van der Waals surface area (Å²) in [6.07, 6.45) is 4.77. The molecule has 0 spiro atoms. The highest BCUT2D eigenvalue weighted by molar-refractivity contribution is 5.80. The highest BCUT2D eigenvalue weighted by Gasteiger charge is 2.65. The van der Waals surface area contributed by atoms with Crippen LogP contribution in [0.5, 0.6) is 0 Å². The molecule has 11 atom stereocenters. The fourth-order valence-electron chi connectivity index (χ4n) is 11.7. The fraction of sp³-hybridized carbons (Fsp3) is 0.829. The molecule has 9 N–H and O–H groups in total. The molecular weight excluding hydrogens is 786 g/mol. The van der Waals surface area contributed by atoms with Crippen molar-refractivity contribution in [1.82, 2.24) is 25.3 Å². The summed E-state index contributed by atoms with van der Waals surface area (Å²) in [5.74, 6) is -5.82. The molecule has 19 nitrogen and oxygen atoms in total. The number of hydrogen-bond acceptors (Lipinski definition) is 12. The van der Waals surface area contributed by atoms with Crippen LogP contribution in [0.4, 0.5) is 0 Å². The maximum Gasteiger partial charge on any atom is 0.317 e. The number of nitrogens with zero attached hydrogens (tertiary/aromatic N) is 3. The SMILES string of the molecule is CC(CCC(=O)O)[C@H]1CCC2C3C(O)CC4C[C@@H](NC(=O)CCNC(=O)CN(CCN(CC(=O)O)CC(=O)O)CCN(CC(=O)O)CC(=O)O)CC[C@]4(C)C3C[C@H](O)[C@@]21C. The van der Waals surface area contributed by atoms with Gasteiger partial charge in [-0.1, -0.05) is 20.8 Å². The molecule has 0 saturated heterocycles. The van der Waals surface area contributed by atoms with Gasteiger partial charge in [0.05, 0.1) is 44.9 Å². The van der Waals surface area contributed by atoms with Gasteiger partial charge in [-0.3, -0.25) is 48.3 Å². The predicted octanol–water partition coefficient (Wildman–Crippen LogP) is 0.323. The fourth-order valence-corrected chi connectivity index (χ4v) is 11.7. The number of aliphatic carboxylic acids is 5. The molecule has 0 aliphatic heterocycles. The minimum atomic E-state index is -1.25. The lowest BCUT2D eigenvalue weighted by Crippen LogP contribution is -2.63. The molecule has 0 aromatic heterocycles. The van der Waals surface area contributed by atoms with Gasteiger partial charge < -0.3 is 46.4 Å². The monoisotopic (exact) mass is 853 g/mol. The summed E-state index contributed by atoms with van der Waals surface area (Å²) in [7, 11) is 0. The zero-order valence-corrected chi connectivity index (χ0v) is 35.2. The zero-order valence-electron chi connectivity index (χ0n) is 35.2. The van der Waals surface area contributed by atoms with Crippen LogP contribution in [0.1, 0.15) is 85.0 Å². The number of nitrogens with one attached hydrogen (secondary N) is 2. The summed E-state index contributed by atoms with van der Waals surface area (Å²) in [6.45, 7) is 3.85. The first-order valence-corrected chi connectivity index (χ1v) is 21.3. The minimum Gasteiger partial charge on any atom is -0.481 e. The number of carbonyl (C=O) groups excluding carboxylic acids is 2. The van der Waals surface area contributed by atoms with Crippen LogP contribution in [-0.2, 0) is 33.6 Å². The Kier molecular flexibility index (Phi) is 17.3.